The fourth-order valence-electron chi connectivity index (χ4n) is 0. The van der Waals surface area contributed by atoms with Gasteiger partial charge in [-0.05, 0) is 0 Å². The van der Waals surface area contributed by atoms with Gasteiger partial charge in [0.25, 0.3) is 15.4 Å². The summed E-state index contributed by atoms with van der Waals surface area (Å²) in [7, 11) is 4.56. The number of nitrogens with zero attached hydrogens (tertiary/aromatic N) is 1. The number of hydrogen-bond donors (Lipinski definition) is 1. The first kappa shape index (κ1) is 15.7. The third-order valence-electron chi connectivity index (χ3n) is 0. The van der Waals surface area contributed by atoms with E-state index in [0.29, 0.717) is 0 Å². The van der Waals surface area contributed by atoms with Gasteiger partial charge in [-0.25, -0.2) is 0 Å². The van der Waals surface area contributed by atoms with Crippen molar-refractivity contribution < 1.29 is 36.2 Å². The minimum Gasteiger partial charge on any atom is -1.00 e. The second kappa shape index (κ2) is 34.4. The van der Waals surface area contributed by atoms with Gasteiger partial charge in [0.2, 0.25) is 0 Å². The maximum Gasteiger partial charge on any atom is 1.00 e. The molecule has 0 unspecified atom stereocenters. The number of rotatable bonds is 0. The van der Waals surface area contributed by atoms with Crippen molar-refractivity contribution in [2.45, 2.75) is 0 Å². The second-order valence-electron chi connectivity index (χ2n) is 0.0816. The van der Waals surface area contributed by atoms with Gasteiger partial charge in [0.15, 0.2) is 5.34 Å². The molecule has 0 aromatic carbocycles. The van der Waals surface area contributed by atoms with Gasteiger partial charge in [-0.1, -0.05) is 0 Å². The molecule has 0 saturated heterocycles. The summed E-state index contributed by atoms with van der Waals surface area (Å²) < 4.78 is 0. The molecule has 0 atom stereocenters. The third kappa shape index (κ3) is 62.3. The summed E-state index contributed by atoms with van der Waals surface area (Å²) in [4.78, 5) is 8.11. The first-order valence-electron chi connectivity index (χ1n) is 0.601. The standard InChI is InChI=1S/Al.ClH.HNO2.Na.H/c;;2-1-3;;/h;1H;(H,2,3);;/q+1;;;+1;-1/p-1. The largest absolute Gasteiger partial charge is 1.00 e. The fourth-order valence-corrected chi connectivity index (χ4v) is 0. The minimum absolute atomic E-state index is 0. The molecule has 6 heavy (non-hydrogen) atoms. The van der Waals surface area contributed by atoms with Crippen molar-refractivity contribution in [3.8, 4) is 0 Å². The van der Waals surface area contributed by atoms with Crippen molar-refractivity contribution in [2.24, 2.45) is 5.34 Å². The van der Waals surface area contributed by atoms with Gasteiger partial charge in [-0.15, -0.1) is 4.91 Å². The molecule has 0 fully saturated rings. The molecule has 30 valence electrons. The van der Waals surface area contributed by atoms with Crippen molar-refractivity contribution in [2.75, 3.05) is 0 Å². The Kier molecular flexibility index (Phi) is 89.8. The number of hydrogen-bond acceptors (Lipinski definition) is 2. The summed E-state index contributed by atoms with van der Waals surface area (Å²) in [6.07, 6.45) is 0. The van der Waals surface area contributed by atoms with Crippen LogP contribution < -0.4 is 29.6 Å². The van der Waals surface area contributed by atoms with Gasteiger partial charge in [0.1, 0.15) is 0 Å². The summed E-state index contributed by atoms with van der Waals surface area (Å²) in [6.45, 7) is 0. The Hall–Kier alpha value is 1.22. The SMILES string of the molecule is O=NO.[Al][Cl].[H-].[Na+]. The van der Waals surface area contributed by atoms with E-state index in [4.69, 9.17) is 10.1 Å². The van der Waals surface area contributed by atoms with Gasteiger partial charge in [0.05, 0.1) is 0 Å². The van der Waals surface area contributed by atoms with E-state index in [0.717, 1.165) is 0 Å². The maximum atomic E-state index is 8.11. The van der Waals surface area contributed by atoms with Crippen LogP contribution in [-0.2, 0) is 0 Å². The number of halogens is 1. The van der Waals surface area contributed by atoms with E-state index in [1.165, 1.54) is 5.34 Å². The Morgan fingerprint density at radius 3 is 1.83 bits per heavy atom. The van der Waals surface area contributed by atoms with Crippen molar-refractivity contribution in [1.29, 1.82) is 0 Å². The maximum absolute atomic E-state index is 8.11. The summed E-state index contributed by atoms with van der Waals surface area (Å²) in [6, 6.07) is 0. The van der Waals surface area contributed by atoms with E-state index in [9.17, 15) is 0 Å². The molecule has 0 aromatic heterocycles. The van der Waals surface area contributed by atoms with Crippen LogP contribution in [-0.4, -0.2) is 20.6 Å². The summed E-state index contributed by atoms with van der Waals surface area (Å²) in [5.74, 6) is 0. The van der Waals surface area contributed by atoms with Crippen LogP contribution in [0.4, 0.5) is 0 Å². The molecular weight excluding hydrogens is 131 g/mol. The normalized spacial score (nSPS) is 2.83. The van der Waals surface area contributed by atoms with Gasteiger partial charge >= 0.3 is 29.6 Å². The van der Waals surface area contributed by atoms with Gasteiger partial charge in [-0.2, -0.15) is 0 Å². The van der Waals surface area contributed by atoms with Crippen molar-refractivity contribution >= 4 is 25.4 Å². The van der Waals surface area contributed by atoms with Gasteiger partial charge in [-0.3, -0.25) is 10.0 Å². The molecule has 0 spiro atoms. The Labute approximate surface area is 71.4 Å². The first-order chi connectivity index (χ1) is 2.41. The van der Waals surface area contributed by atoms with Crippen molar-refractivity contribution in [3.63, 3.8) is 0 Å². The molecule has 0 amide bonds. The van der Waals surface area contributed by atoms with E-state index in [-0.39, 0.29) is 31.0 Å². The molecule has 1 N–H and O–H groups in total. The molecule has 3 nitrogen and oxygen atoms in total. The van der Waals surface area contributed by atoms with E-state index < -0.39 is 0 Å². The zero-order valence-corrected chi connectivity index (χ0v) is 7.17. The van der Waals surface area contributed by atoms with Crippen LogP contribution in [0.25, 0.3) is 0 Å². The molecule has 0 aromatic rings. The van der Waals surface area contributed by atoms with Crippen LogP contribution in [0.3, 0.4) is 0 Å². The quantitative estimate of drug-likeness (QED) is 0.227. The smallest absolute Gasteiger partial charge is 1.00 e. The average Bonchev–Trinajstić information content (AvgIpc) is 1.46. The molecule has 6 heteroatoms. The molecular formula is H2AlClNNaO2. The van der Waals surface area contributed by atoms with E-state index in [1.54, 1.807) is 0 Å². The zero-order chi connectivity index (χ0) is 4.71. The van der Waals surface area contributed by atoms with E-state index >= 15 is 0 Å². The molecule has 2 radical (unpaired) electrons. The molecule has 0 aliphatic carbocycles. The van der Waals surface area contributed by atoms with Gasteiger partial charge < -0.3 is 6.63 Å². The van der Waals surface area contributed by atoms with E-state index in [1.807, 2.05) is 15.4 Å². The Morgan fingerprint density at radius 1 is 1.83 bits per heavy atom. The van der Waals surface area contributed by atoms with Crippen LogP contribution in [0.2, 0.25) is 0 Å². The van der Waals surface area contributed by atoms with Crippen LogP contribution in [0.5, 0.6) is 0 Å². The molecule has 0 aliphatic heterocycles. The van der Waals surface area contributed by atoms with Crippen molar-refractivity contribution in [3.05, 3.63) is 4.91 Å². The summed E-state index contributed by atoms with van der Waals surface area (Å²) in [5.41, 5.74) is 0. The second-order valence-corrected chi connectivity index (χ2v) is 0.0816. The zero-order valence-electron chi connectivity index (χ0n) is 4.26. The van der Waals surface area contributed by atoms with Crippen LogP contribution >= 0.6 is 10.0 Å². The van der Waals surface area contributed by atoms with Crippen molar-refractivity contribution in [1.82, 2.24) is 0 Å². The van der Waals surface area contributed by atoms with Crippen LogP contribution in [0.1, 0.15) is 1.43 Å². The molecule has 0 rings (SSSR count). The van der Waals surface area contributed by atoms with E-state index in [2.05, 4.69) is 10.0 Å². The predicted molar refractivity (Wildman–Crippen MR) is 20.3 cm³/mol. The Morgan fingerprint density at radius 2 is 1.83 bits per heavy atom. The molecule has 0 bridgehead atoms. The molecule has 0 heterocycles. The summed E-state index contributed by atoms with van der Waals surface area (Å²) >= 11 is 1.89. The Balaban J connectivity index is -0.0000000105. The fraction of sp³-hybridized carbons (Fsp3) is 0. The Bertz CT molecular complexity index is 25.2. The van der Waals surface area contributed by atoms with Gasteiger partial charge in [0, 0.05) is 0 Å². The first-order valence-corrected chi connectivity index (χ1v) is 2.35. The average molecular weight is 133 g/mol. The van der Waals surface area contributed by atoms with Crippen LogP contribution in [0.15, 0.2) is 5.34 Å². The molecule has 0 aliphatic rings. The third-order valence-corrected chi connectivity index (χ3v) is 0. The monoisotopic (exact) mass is 133 g/mol. The predicted octanol–water partition coefficient (Wildman–Crippen LogP) is -2.43. The minimum atomic E-state index is 0. The topological polar surface area (TPSA) is 49.7 Å². The van der Waals surface area contributed by atoms with Crippen LogP contribution in [0, 0.1) is 4.91 Å². The summed E-state index contributed by atoms with van der Waals surface area (Å²) in [5, 5.41) is 7.89. The molecule has 0 saturated carbocycles.